The molecule has 0 bridgehead atoms. The van der Waals surface area contributed by atoms with E-state index < -0.39 is 0 Å². The number of carbonyl (C=O) groups is 2. The minimum atomic E-state index is -0.388. The number of piperazine rings is 1. The van der Waals surface area contributed by atoms with Crippen molar-refractivity contribution in [1.29, 1.82) is 0 Å². The lowest BCUT2D eigenvalue weighted by molar-refractivity contribution is -0.144. The molecule has 5 rings (SSSR count). The van der Waals surface area contributed by atoms with E-state index in [1.807, 2.05) is 21.9 Å². The lowest BCUT2D eigenvalue weighted by atomic mass is 10.1. The molecule has 1 N–H and O–H groups in total. The number of rotatable bonds is 7. The van der Waals surface area contributed by atoms with Crippen molar-refractivity contribution in [1.82, 2.24) is 20.0 Å². The van der Waals surface area contributed by atoms with Gasteiger partial charge >= 0.3 is 0 Å². The van der Waals surface area contributed by atoms with Gasteiger partial charge in [0, 0.05) is 64.4 Å². The number of hydrogen-bond donors (Lipinski definition) is 1. The normalized spacial score (nSPS) is 28.0. The Hall–Kier alpha value is -2.03. The Labute approximate surface area is 195 Å². The van der Waals surface area contributed by atoms with E-state index in [4.69, 9.17) is 4.74 Å². The Morgan fingerprint density at radius 2 is 1.85 bits per heavy atom. The Bertz CT molecular complexity index is 835. The summed E-state index contributed by atoms with van der Waals surface area (Å²) in [5.74, 6) is 0.0793. The third-order valence-electron chi connectivity index (χ3n) is 7.48. The number of nitrogens with zero attached hydrogens (tertiary/aromatic N) is 3. The summed E-state index contributed by atoms with van der Waals surface area (Å²) in [5, 5.41) is 3.30. The fourth-order valence-electron chi connectivity index (χ4n) is 5.43. The quantitative estimate of drug-likeness (QED) is 0.673. The van der Waals surface area contributed by atoms with Crippen molar-refractivity contribution in [2.24, 2.45) is 5.92 Å². The monoisotopic (exact) mass is 458 g/mol. The molecule has 3 atom stereocenters. The number of likely N-dealkylation sites (tertiary alicyclic amines) is 1. The highest BCUT2D eigenvalue weighted by molar-refractivity contribution is 5.90. The van der Waals surface area contributed by atoms with Crippen molar-refractivity contribution >= 4 is 11.8 Å². The van der Waals surface area contributed by atoms with Crippen LogP contribution in [-0.2, 0) is 20.9 Å². The molecular formula is C25H35FN4O3. The van der Waals surface area contributed by atoms with Crippen LogP contribution in [0.2, 0.25) is 0 Å². The summed E-state index contributed by atoms with van der Waals surface area (Å²) in [6, 6.07) is 6.33. The summed E-state index contributed by atoms with van der Waals surface area (Å²) in [5.41, 5.74) is 1.03. The molecule has 3 saturated heterocycles. The number of halogens is 1. The number of ether oxygens (including phenoxy) is 1. The van der Waals surface area contributed by atoms with Gasteiger partial charge in [0.05, 0.1) is 6.10 Å². The standard InChI is InChI=1S/C25H35FN4O3/c26-20-7-3-18(4-8-20)15-29(17-22-2-1-13-33-22)21-14-23(25(32)28-11-9-27-10-12-28)30(16-21)24(31)19-5-6-19/h3-4,7-8,19,21-23,27H,1-2,5-6,9-17H2. The van der Waals surface area contributed by atoms with Crippen LogP contribution in [0, 0.1) is 11.7 Å². The predicted molar refractivity (Wildman–Crippen MR) is 122 cm³/mol. The van der Waals surface area contributed by atoms with E-state index >= 15 is 0 Å². The molecule has 3 unspecified atom stereocenters. The van der Waals surface area contributed by atoms with E-state index in [2.05, 4.69) is 10.2 Å². The molecule has 180 valence electrons. The molecule has 2 amide bonds. The summed E-state index contributed by atoms with van der Waals surface area (Å²) >= 11 is 0. The summed E-state index contributed by atoms with van der Waals surface area (Å²) in [4.78, 5) is 32.8. The van der Waals surface area contributed by atoms with Crippen molar-refractivity contribution in [3.63, 3.8) is 0 Å². The summed E-state index contributed by atoms with van der Waals surface area (Å²) < 4.78 is 19.4. The maximum atomic E-state index is 13.5. The number of carbonyl (C=O) groups excluding carboxylic acids is 2. The van der Waals surface area contributed by atoms with Gasteiger partial charge in [0.1, 0.15) is 11.9 Å². The Morgan fingerprint density at radius 1 is 1.09 bits per heavy atom. The summed E-state index contributed by atoms with van der Waals surface area (Å²) in [6.45, 7) is 5.78. The van der Waals surface area contributed by atoms with Gasteiger partial charge in [0.25, 0.3) is 0 Å². The van der Waals surface area contributed by atoms with Crippen LogP contribution in [0.25, 0.3) is 0 Å². The molecule has 1 saturated carbocycles. The van der Waals surface area contributed by atoms with Crippen molar-refractivity contribution in [3.05, 3.63) is 35.6 Å². The average Bonchev–Trinajstić information content (AvgIpc) is 3.38. The van der Waals surface area contributed by atoms with Crippen LogP contribution in [-0.4, -0.2) is 90.6 Å². The van der Waals surface area contributed by atoms with Gasteiger partial charge in [-0.05, 0) is 49.8 Å². The molecule has 3 heterocycles. The Kier molecular flexibility index (Phi) is 6.94. The molecule has 4 aliphatic rings. The molecule has 8 heteroatoms. The molecule has 1 aromatic carbocycles. The molecule has 0 aromatic heterocycles. The second-order valence-corrected chi connectivity index (χ2v) is 9.94. The topological polar surface area (TPSA) is 65.1 Å². The largest absolute Gasteiger partial charge is 0.377 e. The van der Waals surface area contributed by atoms with E-state index in [0.29, 0.717) is 32.6 Å². The smallest absolute Gasteiger partial charge is 0.245 e. The van der Waals surface area contributed by atoms with Crippen LogP contribution in [0.3, 0.4) is 0 Å². The number of benzene rings is 1. The number of hydrogen-bond acceptors (Lipinski definition) is 5. The van der Waals surface area contributed by atoms with Gasteiger partial charge in [0.15, 0.2) is 0 Å². The van der Waals surface area contributed by atoms with Crippen molar-refractivity contribution in [2.75, 3.05) is 45.9 Å². The molecule has 0 radical (unpaired) electrons. The first kappa shape index (κ1) is 22.7. The van der Waals surface area contributed by atoms with Crippen LogP contribution < -0.4 is 5.32 Å². The fraction of sp³-hybridized carbons (Fsp3) is 0.680. The van der Waals surface area contributed by atoms with Gasteiger partial charge in [-0.3, -0.25) is 14.5 Å². The van der Waals surface area contributed by atoms with Crippen LogP contribution in [0.1, 0.15) is 37.7 Å². The van der Waals surface area contributed by atoms with Gasteiger partial charge in [-0.25, -0.2) is 4.39 Å². The molecular weight excluding hydrogens is 423 g/mol. The Balaban J connectivity index is 1.35. The highest BCUT2D eigenvalue weighted by Crippen LogP contribution is 2.35. The zero-order valence-corrected chi connectivity index (χ0v) is 19.3. The van der Waals surface area contributed by atoms with Crippen LogP contribution >= 0.6 is 0 Å². The van der Waals surface area contributed by atoms with E-state index in [1.165, 1.54) is 12.1 Å². The number of amides is 2. The minimum absolute atomic E-state index is 0.0822. The molecule has 33 heavy (non-hydrogen) atoms. The Morgan fingerprint density at radius 3 is 2.52 bits per heavy atom. The van der Waals surface area contributed by atoms with Gasteiger partial charge in [-0.1, -0.05) is 12.1 Å². The second kappa shape index (κ2) is 10.1. The second-order valence-electron chi connectivity index (χ2n) is 9.94. The minimum Gasteiger partial charge on any atom is -0.377 e. The maximum absolute atomic E-state index is 13.5. The maximum Gasteiger partial charge on any atom is 0.245 e. The first-order valence-corrected chi connectivity index (χ1v) is 12.5. The molecule has 0 spiro atoms. The summed E-state index contributed by atoms with van der Waals surface area (Å²) in [7, 11) is 0. The van der Waals surface area contributed by atoms with Crippen LogP contribution in [0.15, 0.2) is 24.3 Å². The average molecular weight is 459 g/mol. The SMILES string of the molecule is O=C(C1CC(N(Cc2ccc(F)cc2)CC2CCCO2)CN1C(=O)C1CC1)N1CCNCC1. The van der Waals surface area contributed by atoms with Crippen LogP contribution in [0.5, 0.6) is 0 Å². The van der Waals surface area contributed by atoms with Crippen molar-refractivity contribution in [2.45, 2.75) is 56.8 Å². The zero-order valence-electron chi connectivity index (χ0n) is 19.3. The highest BCUT2D eigenvalue weighted by atomic mass is 19.1. The highest BCUT2D eigenvalue weighted by Gasteiger charge is 2.47. The van der Waals surface area contributed by atoms with E-state index in [1.54, 1.807) is 0 Å². The molecule has 1 aliphatic carbocycles. The van der Waals surface area contributed by atoms with E-state index in [0.717, 1.165) is 57.5 Å². The molecule has 3 aliphatic heterocycles. The lowest BCUT2D eigenvalue weighted by Gasteiger charge is -2.32. The van der Waals surface area contributed by atoms with Gasteiger partial charge in [-0.15, -0.1) is 0 Å². The van der Waals surface area contributed by atoms with Gasteiger partial charge in [-0.2, -0.15) is 0 Å². The van der Waals surface area contributed by atoms with Gasteiger partial charge < -0.3 is 19.9 Å². The molecule has 1 aromatic rings. The van der Waals surface area contributed by atoms with Crippen LogP contribution in [0.4, 0.5) is 4.39 Å². The first-order chi connectivity index (χ1) is 16.1. The third-order valence-corrected chi connectivity index (χ3v) is 7.48. The zero-order chi connectivity index (χ0) is 22.8. The van der Waals surface area contributed by atoms with Gasteiger partial charge in [0.2, 0.25) is 11.8 Å². The lowest BCUT2D eigenvalue weighted by Crippen LogP contribution is -2.53. The third kappa shape index (κ3) is 5.39. The summed E-state index contributed by atoms with van der Waals surface area (Å²) in [6.07, 6.45) is 4.78. The number of nitrogens with one attached hydrogen (secondary N) is 1. The first-order valence-electron chi connectivity index (χ1n) is 12.5. The van der Waals surface area contributed by atoms with E-state index in [-0.39, 0.29) is 41.7 Å². The molecule has 4 fully saturated rings. The van der Waals surface area contributed by atoms with Crippen molar-refractivity contribution in [3.8, 4) is 0 Å². The fourth-order valence-corrected chi connectivity index (χ4v) is 5.43. The van der Waals surface area contributed by atoms with E-state index in [9.17, 15) is 14.0 Å². The van der Waals surface area contributed by atoms with Crippen molar-refractivity contribution < 1.29 is 18.7 Å². The predicted octanol–water partition coefficient (Wildman–Crippen LogP) is 1.62. The molecule has 7 nitrogen and oxygen atoms in total.